The standard InChI is InChI=1S/C14H14N2O2.H2O/c1-18-13-9-7-12(8-10-13)16(14(15)17)11-5-3-2-4-6-11;/h2-10H,1H3,(H2,15,17);1H2. The van der Waals surface area contributed by atoms with Crippen LogP contribution in [0, 0.1) is 0 Å². The molecule has 0 unspecified atom stereocenters. The molecule has 4 N–H and O–H groups in total. The van der Waals surface area contributed by atoms with E-state index in [0.717, 1.165) is 11.4 Å². The molecule has 5 nitrogen and oxygen atoms in total. The van der Waals surface area contributed by atoms with Crippen LogP contribution in [0.4, 0.5) is 16.2 Å². The third kappa shape index (κ3) is 3.23. The van der Waals surface area contributed by atoms with E-state index in [-0.39, 0.29) is 5.48 Å². The number of rotatable bonds is 3. The number of methoxy groups -OCH3 is 1. The molecule has 100 valence electrons. The van der Waals surface area contributed by atoms with Gasteiger partial charge in [-0.15, -0.1) is 0 Å². The average molecular weight is 260 g/mol. The maximum absolute atomic E-state index is 11.6. The predicted octanol–water partition coefficient (Wildman–Crippen LogP) is 2.09. The number of carbonyl (C=O) groups excluding carboxylic acids is 1. The molecular weight excluding hydrogens is 244 g/mol. The Morgan fingerprint density at radius 1 is 1.00 bits per heavy atom. The van der Waals surface area contributed by atoms with Gasteiger partial charge in [0.25, 0.3) is 0 Å². The number of carbonyl (C=O) groups is 1. The molecule has 0 aliphatic carbocycles. The normalized spacial score (nSPS) is 9.32. The number of nitrogens with two attached hydrogens (primary N) is 1. The van der Waals surface area contributed by atoms with Gasteiger partial charge in [0.2, 0.25) is 0 Å². The summed E-state index contributed by atoms with van der Waals surface area (Å²) in [7, 11) is 1.60. The predicted molar refractivity (Wildman–Crippen MR) is 74.8 cm³/mol. The zero-order chi connectivity index (χ0) is 13.0. The van der Waals surface area contributed by atoms with E-state index in [4.69, 9.17) is 10.5 Å². The molecule has 0 bridgehead atoms. The van der Waals surface area contributed by atoms with Crippen LogP contribution >= 0.6 is 0 Å². The lowest BCUT2D eigenvalue weighted by atomic mass is 10.2. The second-order valence-electron chi connectivity index (χ2n) is 3.71. The Morgan fingerprint density at radius 2 is 1.53 bits per heavy atom. The van der Waals surface area contributed by atoms with E-state index in [1.54, 1.807) is 31.4 Å². The van der Waals surface area contributed by atoms with Crippen LogP contribution in [0.2, 0.25) is 0 Å². The molecule has 0 aliphatic heterocycles. The molecule has 19 heavy (non-hydrogen) atoms. The van der Waals surface area contributed by atoms with Gasteiger partial charge in [-0.3, -0.25) is 4.90 Å². The Labute approximate surface area is 111 Å². The lowest BCUT2D eigenvalue weighted by molar-refractivity contribution is 0.256. The van der Waals surface area contributed by atoms with Crippen LogP contribution in [0.25, 0.3) is 0 Å². The Morgan fingerprint density at radius 3 is 2.00 bits per heavy atom. The summed E-state index contributed by atoms with van der Waals surface area (Å²) in [6.07, 6.45) is 0. The molecule has 2 aromatic carbocycles. The molecule has 5 heteroatoms. The first-order valence-corrected chi connectivity index (χ1v) is 5.51. The molecule has 0 aromatic heterocycles. The van der Waals surface area contributed by atoms with Gasteiger partial charge in [0, 0.05) is 0 Å². The van der Waals surface area contributed by atoms with E-state index in [1.165, 1.54) is 4.90 Å². The second kappa shape index (κ2) is 6.42. The molecule has 0 aliphatic rings. The summed E-state index contributed by atoms with van der Waals surface area (Å²) >= 11 is 0. The third-order valence-corrected chi connectivity index (χ3v) is 2.57. The fourth-order valence-electron chi connectivity index (χ4n) is 1.71. The van der Waals surface area contributed by atoms with Crippen molar-refractivity contribution >= 4 is 17.4 Å². The fourth-order valence-corrected chi connectivity index (χ4v) is 1.71. The largest absolute Gasteiger partial charge is 0.497 e. The quantitative estimate of drug-likeness (QED) is 0.915. The topological polar surface area (TPSA) is 87.1 Å². The number of hydrogen-bond donors (Lipinski definition) is 1. The van der Waals surface area contributed by atoms with Crippen molar-refractivity contribution in [3.05, 3.63) is 54.6 Å². The minimum atomic E-state index is -0.522. The Balaban J connectivity index is 0.00000180. The molecule has 0 saturated carbocycles. The van der Waals surface area contributed by atoms with E-state index in [1.807, 2.05) is 30.3 Å². The van der Waals surface area contributed by atoms with Gasteiger partial charge in [-0.2, -0.15) is 0 Å². The van der Waals surface area contributed by atoms with Crippen LogP contribution < -0.4 is 15.4 Å². The monoisotopic (exact) mass is 260 g/mol. The van der Waals surface area contributed by atoms with Crippen molar-refractivity contribution in [3.63, 3.8) is 0 Å². The summed E-state index contributed by atoms with van der Waals surface area (Å²) in [5.41, 5.74) is 6.86. The molecule has 0 radical (unpaired) electrons. The highest BCUT2D eigenvalue weighted by Gasteiger charge is 2.14. The third-order valence-electron chi connectivity index (χ3n) is 2.57. The van der Waals surface area contributed by atoms with E-state index in [9.17, 15) is 4.79 Å². The Bertz CT molecular complexity index is 526. The number of para-hydroxylation sites is 1. The maximum atomic E-state index is 11.6. The average Bonchev–Trinajstić information content (AvgIpc) is 2.40. The molecule has 0 fully saturated rings. The highest BCUT2D eigenvalue weighted by Crippen LogP contribution is 2.26. The molecule has 0 spiro atoms. The lowest BCUT2D eigenvalue weighted by Crippen LogP contribution is -2.31. The lowest BCUT2D eigenvalue weighted by Gasteiger charge is -2.20. The van der Waals surface area contributed by atoms with Crippen LogP contribution in [-0.2, 0) is 0 Å². The van der Waals surface area contributed by atoms with Crippen molar-refractivity contribution < 1.29 is 15.0 Å². The molecule has 0 atom stereocenters. The summed E-state index contributed by atoms with van der Waals surface area (Å²) in [6, 6.07) is 15.9. The van der Waals surface area contributed by atoms with Crippen molar-refractivity contribution in [1.29, 1.82) is 0 Å². The highest BCUT2D eigenvalue weighted by atomic mass is 16.5. The van der Waals surface area contributed by atoms with Crippen molar-refractivity contribution in [1.82, 2.24) is 0 Å². The van der Waals surface area contributed by atoms with Crippen molar-refractivity contribution in [3.8, 4) is 5.75 Å². The Hall–Kier alpha value is -2.53. The second-order valence-corrected chi connectivity index (χ2v) is 3.71. The Kier molecular flexibility index (Phi) is 4.91. The number of ether oxygens (including phenoxy) is 1. The first-order chi connectivity index (χ1) is 8.72. The highest BCUT2D eigenvalue weighted by molar-refractivity contribution is 5.98. The van der Waals surface area contributed by atoms with Gasteiger partial charge in [-0.1, -0.05) is 18.2 Å². The zero-order valence-corrected chi connectivity index (χ0v) is 10.5. The van der Waals surface area contributed by atoms with Crippen LogP contribution in [-0.4, -0.2) is 18.6 Å². The van der Waals surface area contributed by atoms with E-state index in [0.29, 0.717) is 5.69 Å². The summed E-state index contributed by atoms with van der Waals surface area (Å²) in [5, 5.41) is 0. The van der Waals surface area contributed by atoms with Gasteiger partial charge in [-0.05, 0) is 36.4 Å². The molecule has 0 heterocycles. The van der Waals surface area contributed by atoms with Gasteiger partial charge in [0.1, 0.15) is 5.75 Å². The van der Waals surface area contributed by atoms with Crippen LogP contribution in [0.1, 0.15) is 0 Å². The number of primary amides is 1. The molecule has 2 amide bonds. The van der Waals surface area contributed by atoms with E-state index >= 15 is 0 Å². The number of urea groups is 1. The van der Waals surface area contributed by atoms with Crippen LogP contribution in [0.3, 0.4) is 0 Å². The molecule has 0 saturated heterocycles. The summed E-state index contributed by atoms with van der Waals surface area (Å²) in [6.45, 7) is 0. The van der Waals surface area contributed by atoms with Crippen LogP contribution in [0.15, 0.2) is 54.6 Å². The summed E-state index contributed by atoms with van der Waals surface area (Å²) in [5.74, 6) is 0.733. The SMILES string of the molecule is COc1ccc(N(C(N)=O)c2ccccc2)cc1.O. The van der Waals surface area contributed by atoms with Gasteiger partial charge in [0.05, 0.1) is 18.5 Å². The molecular formula is C14H16N2O3. The fraction of sp³-hybridized carbons (Fsp3) is 0.0714. The first kappa shape index (κ1) is 14.5. The smallest absolute Gasteiger partial charge is 0.323 e. The number of hydrogen-bond acceptors (Lipinski definition) is 2. The zero-order valence-electron chi connectivity index (χ0n) is 10.5. The first-order valence-electron chi connectivity index (χ1n) is 5.51. The minimum Gasteiger partial charge on any atom is -0.497 e. The number of benzene rings is 2. The van der Waals surface area contributed by atoms with Crippen molar-refractivity contribution in [2.45, 2.75) is 0 Å². The van der Waals surface area contributed by atoms with Gasteiger partial charge in [-0.25, -0.2) is 4.79 Å². The number of anilines is 2. The number of nitrogens with zero attached hydrogens (tertiary/aromatic N) is 1. The van der Waals surface area contributed by atoms with E-state index < -0.39 is 6.03 Å². The summed E-state index contributed by atoms with van der Waals surface area (Å²) in [4.78, 5) is 13.0. The summed E-state index contributed by atoms with van der Waals surface area (Å²) < 4.78 is 5.08. The van der Waals surface area contributed by atoms with Crippen molar-refractivity contribution in [2.75, 3.05) is 12.0 Å². The van der Waals surface area contributed by atoms with Gasteiger partial charge >= 0.3 is 6.03 Å². The maximum Gasteiger partial charge on any atom is 0.323 e. The van der Waals surface area contributed by atoms with Gasteiger partial charge < -0.3 is 15.9 Å². The van der Waals surface area contributed by atoms with E-state index in [2.05, 4.69) is 0 Å². The minimum absolute atomic E-state index is 0. The van der Waals surface area contributed by atoms with Crippen LogP contribution in [0.5, 0.6) is 5.75 Å². The van der Waals surface area contributed by atoms with Crippen molar-refractivity contribution in [2.24, 2.45) is 5.73 Å². The number of amides is 2. The molecule has 2 aromatic rings. The van der Waals surface area contributed by atoms with Gasteiger partial charge in [0.15, 0.2) is 0 Å². The molecule has 2 rings (SSSR count).